The zero-order valence-electron chi connectivity index (χ0n) is 14.6. The Bertz CT molecular complexity index is 620. The molecule has 1 aliphatic rings. The standard InChI is InChI=1S/C15H23N5O4.ClH/c1-15(2,3)24-10(21)8-17-13(22)11-12(19-9-18-11)14(23)20-6-4-16-5-7-20;/h9,16H,4-8H2,1-3H3,(H,17,22)(H,18,19);1H. The first-order chi connectivity index (χ1) is 11.3. The second-order valence-corrected chi connectivity index (χ2v) is 6.55. The van der Waals surface area contributed by atoms with Gasteiger partial charge in [-0.1, -0.05) is 0 Å². The molecule has 1 aromatic rings. The summed E-state index contributed by atoms with van der Waals surface area (Å²) in [6.07, 6.45) is 1.30. The number of amides is 2. The van der Waals surface area contributed by atoms with E-state index in [1.54, 1.807) is 25.7 Å². The number of aromatic amines is 1. The summed E-state index contributed by atoms with van der Waals surface area (Å²) in [5, 5.41) is 4.56. The number of carbonyl (C=O) groups excluding carboxylic acids is 3. The van der Waals surface area contributed by atoms with Gasteiger partial charge in [-0.25, -0.2) is 4.98 Å². The van der Waals surface area contributed by atoms with Crippen molar-refractivity contribution >= 4 is 17.8 Å². The third-order valence-electron chi connectivity index (χ3n) is 3.38. The molecule has 1 aromatic heterocycles. The topological polar surface area (TPSA) is 121 Å². The number of halogens is 1. The number of H-pyrrole nitrogens is 1. The van der Waals surface area contributed by atoms with Crippen molar-refractivity contribution in [3.8, 4) is 0 Å². The lowest BCUT2D eigenvalue weighted by atomic mass is 10.2. The summed E-state index contributed by atoms with van der Waals surface area (Å²) in [5.74, 6) is -1.40. The first-order valence-corrected chi connectivity index (χ1v) is 7.92. The fourth-order valence-corrected chi connectivity index (χ4v) is 2.35. The third-order valence-corrected chi connectivity index (χ3v) is 3.38. The molecule has 2 rings (SSSR count). The minimum absolute atomic E-state index is 0. The van der Waals surface area contributed by atoms with Crippen LogP contribution in [0.4, 0.5) is 0 Å². The van der Waals surface area contributed by atoms with Crippen molar-refractivity contribution in [2.75, 3.05) is 32.7 Å². The van der Waals surface area contributed by atoms with E-state index in [0.717, 1.165) is 13.1 Å². The van der Waals surface area contributed by atoms with Gasteiger partial charge in [0.1, 0.15) is 17.8 Å². The Kier molecular flexibility index (Phi) is 7.38. The van der Waals surface area contributed by atoms with Crippen LogP contribution in [0.3, 0.4) is 0 Å². The number of carbonyl (C=O) groups is 3. The fraction of sp³-hybridized carbons (Fsp3) is 0.600. The molecule has 2 heterocycles. The second-order valence-electron chi connectivity index (χ2n) is 6.55. The van der Waals surface area contributed by atoms with E-state index in [0.29, 0.717) is 13.1 Å². The Morgan fingerprint density at radius 3 is 2.56 bits per heavy atom. The predicted molar refractivity (Wildman–Crippen MR) is 84.3 cm³/mol. The lowest BCUT2D eigenvalue weighted by Crippen LogP contribution is -3.00. The van der Waals surface area contributed by atoms with Gasteiger partial charge in [-0.05, 0) is 20.8 Å². The summed E-state index contributed by atoms with van der Waals surface area (Å²) in [6, 6.07) is 0. The molecule has 1 fully saturated rings. The number of nitrogens with two attached hydrogens (primary N) is 1. The van der Waals surface area contributed by atoms with Crippen LogP contribution in [0.15, 0.2) is 6.33 Å². The number of quaternary nitrogens is 1. The van der Waals surface area contributed by atoms with E-state index in [2.05, 4.69) is 20.6 Å². The molecule has 0 saturated carbocycles. The van der Waals surface area contributed by atoms with Gasteiger partial charge in [0.05, 0.1) is 32.5 Å². The largest absolute Gasteiger partial charge is 1.00 e. The lowest BCUT2D eigenvalue weighted by molar-refractivity contribution is -0.661. The molecule has 140 valence electrons. The summed E-state index contributed by atoms with van der Waals surface area (Å²) in [4.78, 5) is 44.7. The zero-order valence-corrected chi connectivity index (χ0v) is 15.4. The van der Waals surface area contributed by atoms with Gasteiger partial charge in [0, 0.05) is 0 Å². The number of aromatic nitrogens is 2. The smallest absolute Gasteiger partial charge is 0.325 e. The van der Waals surface area contributed by atoms with Gasteiger partial charge in [-0.3, -0.25) is 14.4 Å². The van der Waals surface area contributed by atoms with Crippen LogP contribution in [0, 0.1) is 0 Å². The molecule has 0 aliphatic carbocycles. The van der Waals surface area contributed by atoms with Crippen LogP contribution in [0.5, 0.6) is 0 Å². The molecule has 1 aliphatic heterocycles. The molecule has 0 spiro atoms. The van der Waals surface area contributed by atoms with E-state index in [-0.39, 0.29) is 36.2 Å². The Morgan fingerprint density at radius 2 is 1.96 bits per heavy atom. The van der Waals surface area contributed by atoms with Crippen LogP contribution >= 0.6 is 0 Å². The summed E-state index contributed by atoms with van der Waals surface area (Å²) in [5.41, 5.74) is -0.503. The number of ether oxygens (including phenoxy) is 1. The summed E-state index contributed by atoms with van der Waals surface area (Å²) in [6.45, 7) is 7.86. The molecule has 25 heavy (non-hydrogen) atoms. The average Bonchev–Trinajstić information content (AvgIpc) is 3.00. The van der Waals surface area contributed by atoms with Crippen molar-refractivity contribution < 1.29 is 36.8 Å². The van der Waals surface area contributed by atoms with Crippen molar-refractivity contribution in [2.45, 2.75) is 26.4 Å². The molecule has 0 radical (unpaired) electrons. The van der Waals surface area contributed by atoms with Crippen LogP contribution in [0.25, 0.3) is 0 Å². The van der Waals surface area contributed by atoms with E-state index in [4.69, 9.17) is 4.74 Å². The van der Waals surface area contributed by atoms with E-state index in [1.165, 1.54) is 6.33 Å². The normalized spacial score (nSPS) is 14.4. The van der Waals surface area contributed by atoms with Gasteiger partial charge < -0.3 is 37.7 Å². The fourth-order valence-electron chi connectivity index (χ4n) is 2.35. The second kappa shape index (κ2) is 8.82. The van der Waals surface area contributed by atoms with E-state index in [9.17, 15) is 14.4 Å². The number of hydrogen-bond donors (Lipinski definition) is 3. The van der Waals surface area contributed by atoms with Crippen LogP contribution in [-0.4, -0.2) is 71.0 Å². The minimum atomic E-state index is -0.624. The number of hydrogen-bond acceptors (Lipinski definition) is 5. The Balaban J connectivity index is 0.00000312. The van der Waals surface area contributed by atoms with Crippen molar-refractivity contribution in [3.05, 3.63) is 17.7 Å². The highest BCUT2D eigenvalue weighted by Gasteiger charge is 2.27. The van der Waals surface area contributed by atoms with Gasteiger partial charge >= 0.3 is 5.97 Å². The molecule has 0 bridgehead atoms. The van der Waals surface area contributed by atoms with Crippen LogP contribution in [0.1, 0.15) is 41.7 Å². The number of nitrogens with one attached hydrogen (secondary N) is 2. The predicted octanol–water partition coefficient (Wildman–Crippen LogP) is -4.50. The molecule has 0 unspecified atom stereocenters. The molecule has 0 aromatic carbocycles. The Morgan fingerprint density at radius 1 is 1.32 bits per heavy atom. The van der Waals surface area contributed by atoms with Gasteiger partial charge in [0.15, 0.2) is 5.69 Å². The maximum absolute atomic E-state index is 12.5. The van der Waals surface area contributed by atoms with Gasteiger partial charge in [0.25, 0.3) is 11.8 Å². The van der Waals surface area contributed by atoms with E-state index >= 15 is 0 Å². The van der Waals surface area contributed by atoms with Gasteiger partial charge in [0.2, 0.25) is 0 Å². The highest BCUT2D eigenvalue weighted by Crippen LogP contribution is 2.09. The molecule has 10 heteroatoms. The van der Waals surface area contributed by atoms with Crippen molar-refractivity contribution in [1.82, 2.24) is 20.2 Å². The summed E-state index contributed by atoms with van der Waals surface area (Å²) < 4.78 is 5.12. The van der Waals surface area contributed by atoms with E-state index in [1.807, 2.05) is 0 Å². The van der Waals surface area contributed by atoms with Gasteiger partial charge in [-0.15, -0.1) is 0 Å². The minimum Gasteiger partial charge on any atom is -1.00 e. The van der Waals surface area contributed by atoms with Crippen molar-refractivity contribution in [3.63, 3.8) is 0 Å². The number of esters is 1. The molecule has 2 amide bonds. The molecular weight excluding hydrogens is 350 g/mol. The number of rotatable bonds is 4. The molecule has 0 atom stereocenters. The van der Waals surface area contributed by atoms with Crippen LogP contribution < -0.4 is 23.0 Å². The molecular formula is C15H24ClN5O4. The first kappa shape index (κ1) is 20.9. The SMILES string of the molecule is CC(C)(C)OC(=O)CNC(=O)c1nc[nH]c1C(=O)N1CC[NH2+]CC1.[Cl-]. The number of imidazole rings is 1. The highest BCUT2D eigenvalue weighted by molar-refractivity contribution is 6.05. The molecule has 1 saturated heterocycles. The maximum Gasteiger partial charge on any atom is 0.325 e. The molecule has 4 N–H and O–H groups in total. The maximum atomic E-state index is 12.5. The van der Waals surface area contributed by atoms with Crippen molar-refractivity contribution in [2.24, 2.45) is 0 Å². The molecule has 9 nitrogen and oxygen atoms in total. The van der Waals surface area contributed by atoms with Gasteiger partial charge in [-0.2, -0.15) is 0 Å². The highest BCUT2D eigenvalue weighted by atomic mass is 35.5. The zero-order chi connectivity index (χ0) is 17.7. The quantitative estimate of drug-likeness (QED) is 0.459. The first-order valence-electron chi connectivity index (χ1n) is 7.92. The van der Waals surface area contributed by atoms with E-state index < -0.39 is 17.5 Å². The Hall–Kier alpha value is -2.13. The average molecular weight is 374 g/mol. The number of piperazine rings is 1. The third kappa shape index (κ3) is 6.02. The summed E-state index contributed by atoms with van der Waals surface area (Å²) in [7, 11) is 0. The lowest BCUT2D eigenvalue weighted by Gasteiger charge is -2.24. The Labute approximate surface area is 152 Å². The summed E-state index contributed by atoms with van der Waals surface area (Å²) >= 11 is 0. The van der Waals surface area contributed by atoms with Crippen LogP contribution in [-0.2, 0) is 9.53 Å². The van der Waals surface area contributed by atoms with Crippen LogP contribution in [0.2, 0.25) is 0 Å². The monoisotopic (exact) mass is 373 g/mol. The van der Waals surface area contributed by atoms with Crippen molar-refractivity contribution in [1.29, 1.82) is 0 Å². The number of nitrogens with zero attached hydrogens (tertiary/aromatic N) is 2.